The van der Waals surface area contributed by atoms with E-state index < -0.39 is 0 Å². The van der Waals surface area contributed by atoms with Crippen LogP contribution in [0, 0.1) is 0 Å². The van der Waals surface area contributed by atoms with Crippen molar-refractivity contribution in [3.63, 3.8) is 0 Å². The van der Waals surface area contributed by atoms with Crippen molar-refractivity contribution < 1.29 is 0 Å². The number of rotatable bonds is 2. The number of allylic oxidation sites excluding steroid dienone is 3. The fourth-order valence-electron chi connectivity index (χ4n) is 2.49. The van der Waals surface area contributed by atoms with Crippen molar-refractivity contribution in [1.29, 1.82) is 0 Å². The average molecular weight is 263 g/mol. The largest absolute Gasteiger partial charge is 0.402 e. The summed E-state index contributed by atoms with van der Waals surface area (Å²) in [5, 5.41) is 0. The van der Waals surface area contributed by atoms with Crippen molar-refractivity contribution in [3.8, 4) is 11.1 Å². The van der Waals surface area contributed by atoms with Crippen molar-refractivity contribution in [2.24, 2.45) is 5.73 Å². The molecule has 100 valence electrons. The van der Waals surface area contributed by atoms with E-state index in [1.807, 2.05) is 54.6 Å². The third-order valence-electron chi connectivity index (χ3n) is 3.57. The van der Waals surface area contributed by atoms with E-state index in [1.54, 1.807) is 0 Å². The molecule has 0 saturated heterocycles. The first-order chi connectivity index (χ1) is 9.65. The van der Waals surface area contributed by atoms with Crippen LogP contribution in [0.3, 0.4) is 0 Å². The van der Waals surface area contributed by atoms with Crippen molar-refractivity contribution in [2.75, 3.05) is 11.5 Å². The zero-order chi connectivity index (χ0) is 14.1. The maximum Gasteiger partial charge on any atom is 0.0470 e. The number of para-hydroxylation sites is 1. The van der Waals surface area contributed by atoms with E-state index in [4.69, 9.17) is 17.2 Å². The third-order valence-corrected chi connectivity index (χ3v) is 3.57. The van der Waals surface area contributed by atoms with Gasteiger partial charge in [-0.2, -0.15) is 0 Å². The summed E-state index contributed by atoms with van der Waals surface area (Å²) in [7, 11) is 0. The number of anilines is 2. The molecule has 0 unspecified atom stereocenters. The quantitative estimate of drug-likeness (QED) is 0.728. The molecule has 2 aromatic rings. The van der Waals surface area contributed by atoms with E-state index in [1.165, 1.54) is 0 Å². The molecule has 0 atom stereocenters. The molecule has 3 nitrogen and oxygen atoms in total. The van der Waals surface area contributed by atoms with Gasteiger partial charge in [-0.05, 0) is 29.3 Å². The zero-order valence-corrected chi connectivity index (χ0v) is 11.1. The highest BCUT2D eigenvalue weighted by Crippen LogP contribution is 2.35. The molecule has 3 rings (SSSR count). The van der Waals surface area contributed by atoms with Crippen LogP contribution < -0.4 is 17.2 Å². The highest BCUT2D eigenvalue weighted by molar-refractivity contribution is 5.88. The van der Waals surface area contributed by atoms with Gasteiger partial charge >= 0.3 is 0 Å². The Labute approximate surface area is 118 Å². The second-order valence-corrected chi connectivity index (χ2v) is 5.00. The highest BCUT2D eigenvalue weighted by Gasteiger charge is 2.13. The first-order valence-corrected chi connectivity index (χ1v) is 6.55. The Bertz CT molecular complexity index is 710. The summed E-state index contributed by atoms with van der Waals surface area (Å²) in [6, 6.07) is 13.8. The van der Waals surface area contributed by atoms with Crippen LogP contribution in [0.2, 0.25) is 0 Å². The molecule has 6 N–H and O–H groups in total. The maximum absolute atomic E-state index is 6.34. The molecule has 0 aromatic heterocycles. The number of benzene rings is 2. The maximum atomic E-state index is 6.34. The molecule has 20 heavy (non-hydrogen) atoms. The summed E-state index contributed by atoms with van der Waals surface area (Å²) in [6.45, 7) is 0. The Kier molecular flexibility index (Phi) is 2.95. The predicted molar refractivity (Wildman–Crippen MR) is 85.6 cm³/mol. The number of nitrogens with two attached hydrogens (primary N) is 3. The van der Waals surface area contributed by atoms with Crippen LogP contribution >= 0.6 is 0 Å². The molecule has 3 heteroatoms. The van der Waals surface area contributed by atoms with Gasteiger partial charge in [0.05, 0.1) is 0 Å². The third kappa shape index (κ3) is 2.14. The fraction of sp³-hybridized carbons (Fsp3) is 0.0588. The molecular weight excluding hydrogens is 246 g/mol. The first-order valence-electron chi connectivity index (χ1n) is 6.55. The van der Waals surface area contributed by atoms with Gasteiger partial charge in [0.2, 0.25) is 0 Å². The standard InChI is InChI=1S/C17H17N3/c18-13-7-4-11(5-8-13)15-2-1-3-16(17(15)20)12-6-9-14(19)10-12/h1-9H,10,18-20H2. The first kappa shape index (κ1) is 12.4. The van der Waals surface area contributed by atoms with E-state index in [0.717, 1.165) is 45.8 Å². The molecule has 0 bridgehead atoms. The molecular formula is C17H17N3. The van der Waals surface area contributed by atoms with Crippen LogP contribution in [-0.2, 0) is 0 Å². The Morgan fingerprint density at radius 3 is 2.10 bits per heavy atom. The van der Waals surface area contributed by atoms with Gasteiger partial charge in [-0.1, -0.05) is 36.4 Å². The molecule has 1 aliphatic carbocycles. The molecule has 2 aromatic carbocycles. The summed E-state index contributed by atoms with van der Waals surface area (Å²) < 4.78 is 0. The average Bonchev–Trinajstić information content (AvgIpc) is 2.87. The fourth-order valence-corrected chi connectivity index (χ4v) is 2.49. The van der Waals surface area contributed by atoms with Crippen LogP contribution in [-0.4, -0.2) is 0 Å². The lowest BCUT2D eigenvalue weighted by molar-refractivity contribution is 1.21. The van der Waals surface area contributed by atoms with Gasteiger partial charge in [0.25, 0.3) is 0 Å². The van der Waals surface area contributed by atoms with Crippen LogP contribution in [0.5, 0.6) is 0 Å². The predicted octanol–water partition coefficient (Wildman–Crippen LogP) is 3.15. The Morgan fingerprint density at radius 2 is 1.45 bits per heavy atom. The summed E-state index contributed by atoms with van der Waals surface area (Å²) in [5.74, 6) is 0. The van der Waals surface area contributed by atoms with Crippen LogP contribution in [0.1, 0.15) is 12.0 Å². The normalized spacial score (nSPS) is 14.0. The minimum absolute atomic E-state index is 0.749. The molecule has 0 amide bonds. The van der Waals surface area contributed by atoms with Crippen molar-refractivity contribution >= 4 is 16.9 Å². The van der Waals surface area contributed by atoms with E-state index in [2.05, 4.69) is 0 Å². The van der Waals surface area contributed by atoms with Gasteiger partial charge < -0.3 is 17.2 Å². The van der Waals surface area contributed by atoms with Gasteiger partial charge in [0.1, 0.15) is 0 Å². The van der Waals surface area contributed by atoms with Gasteiger partial charge in [-0.3, -0.25) is 0 Å². The van der Waals surface area contributed by atoms with Crippen molar-refractivity contribution in [3.05, 3.63) is 65.9 Å². The second-order valence-electron chi connectivity index (χ2n) is 5.00. The van der Waals surface area contributed by atoms with Crippen LogP contribution in [0.4, 0.5) is 11.4 Å². The molecule has 0 fully saturated rings. The molecule has 0 heterocycles. The Hall–Kier alpha value is -2.68. The summed E-state index contributed by atoms with van der Waals surface area (Å²) in [6.07, 6.45) is 4.73. The lowest BCUT2D eigenvalue weighted by Gasteiger charge is -2.12. The van der Waals surface area contributed by atoms with Crippen molar-refractivity contribution in [1.82, 2.24) is 0 Å². The Morgan fingerprint density at radius 1 is 0.750 bits per heavy atom. The highest BCUT2D eigenvalue weighted by atomic mass is 14.6. The summed E-state index contributed by atoms with van der Waals surface area (Å²) in [5.41, 5.74) is 24.6. The molecule has 0 spiro atoms. The molecule has 1 aliphatic rings. The van der Waals surface area contributed by atoms with E-state index in [-0.39, 0.29) is 0 Å². The molecule has 0 radical (unpaired) electrons. The molecule has 0 saturated carbocycles. The van der Waals surface area contributed by atoms with E-state index in [9.17, 15) is 0 Å². The lowest BCUT2D eigenvalue weighted by Crippen LogP contribution is -1.98. The van der Waals surface area contributed by atoms with Gasteiger partial charge in [0, 0.05) is 34.6 Å². The SMILES string of the molecule is NC1=CC=C(c2cccc(-c3ccc(N)cc3)c2N)C1. The topological polar surface area (TPSA) is 78.1 Å². The Balaban J connectivity index is 2.04. The van der Waals surface area contributed by atoms with E-state index in [0.29, 0.717) is 0 Å². The van der Waals surface area contributed by atoms with Crippen LogP contribution in [0.15, 0.2) is 60.3 Å². The summed E-state index contributed by atoms with van der Waals surface area (Å²) >= 11 is 0. The monoisotopic (exact) mass is 263 g/mol. The number of hydrogen-bond acceptors (Lipinski definition) is 3. The number of nitrogen functional groups attached to an aromatic ring is 2. The smallest absolute Gasteiger partial charge is 0.0470 e. The zero-order valence-electron chi connectivity index (χ0n) is 11.1. The van der Waals surface area contributed by atoms with Crippen LogP contribution in [0.25, 0.3) is 16.7 Å². The number of hydrogen-bond donors (Lipinski definition) is 3. The van der Waals surface area contributed by atoms with Gasteiger partial charge in [-0.15, -0.1) is 0 Å². The minimum Gasteiger partial charge on any atom is -0.402 e. The minimum atomic E-state index is 0.749. The van der Waals surface area contributed by atoms with Gasteiger partial charge in [-0.25, -0.2) is 0 Å². The lowest BCUT2D eigenvalue weighted by atomic mass is 9.95. The summed E-state index contributed by atoms with van der Waals surface area (Å²) in [4.78, 5) is 0. The second kappa shape index (κ2) is 4.78. The van der Waals surface area contributed by atoms with Crippen molar-refractivity contribution in [2.45, 2.75) is 6.42 Å². The molecule has 0 aliphatic heterocycles. The van der Waals surface area contributed by atoms with E-state index >= 15 is 0 Å². The van der Waals surface area contributed by atoms with Gasteiger partial charge in [0.15, 0.2) is 0 Å².